The lowest BCUT2D eigenvalue weighted by atomic mass is 10.0. The van der Waals surface area contributed by atoms with Crippen molar-refractivity contribution in [3.05, 3.63) is 35.9 Å². The number of carbonyl (C=O) groups excluding carboxylic acids is 11. The first-order valence-electron chi connectivity index (χ1n) is 23.2. The third-order valence-corrected chi connectivity index (χ3v) is 10.8. The van der Waals surface area contributed by atoms with Crippen molar-refractivity contribution in [3.8, 4) is 0 Å². The molecule has 21 N–H and O–H groups in total. The summed E-state index contributed by atoms with van der Waals surface area (Å²) >= 11 is 0. The molecule has 27 nitrogen and oxygen atoms in total. The minimum absolute atomic E-state index is 0.0863. The van der Waals surface area contributed by atoms with E-state index in [4.69, 9.17) is 28.7 Å². The van der Waals surface area contributed by atoms with Crippen LogP contribution in [0, 0.1) is 0 Å². The molecule has 0 fully saturated rings. The zero-order valence-electron chi connectivity index (χ0n) is 40.6. The summed E-state index contributed by atoms with van der Waals surface area (Å²) in [5.41, 5.74) is 27.7. The molecule has 0 radical (unpaired) electrons. The number of aliphatic hydroxyl groups excluding tert-OH is 2. The zero-order chi connectivity index (χ0) is 53.8. The normalized spacial score (nSPS) is 15.2. The average molecular weight is 1010 g/mol. The Morgan fingerprint density at radius 2 is 0.915 bits per heavy atom. The van der Waals surface area contributed by atoms with Gasteiger partial charge in [0.25, 0.3) is 0 Å². The van der Waals surface area contributed by atoms with Gasteiger partial charge in [0, 0.05) is 12.8 Å². The maximum Gasteiger partial charge on any atom is 0.245 e. The van der Waals surface area contributed by atoms with E-state index in [1.807, 2.05) is 0 Å². The fourth-order valence-electron chi connectivity index (χ4n) is 6.56. The molecule has 0 heterocycles. The van der Waals surface area contributed by atoms with E-state index in [1.165, 1.54) is 27.7 Å². The minimum Gasteiger partial charge on any atom is -0.394 e. The third kappa shape index (κ3) is 23.6. The summed E-state index contributed by atoms with van der Waals surface area (Å²) < 4.78 is 0. The monoisotopic (exact) mass is 1010 g/mol. The number of nitrogens with one attached hydrogen (secondary N) is 9. The Morgan fingerprint density at radius 1 is 0.493 bits per heavy atom. The predicted molar refractivity (Wildman–Crippen MR) is 256 cm³/mol. The summed E-state index contributed by atoms with van der Waals surface area (Å²) in [6, 6.07) is -4.30. The smallest absolute Gasteiger partial charge is 0.245 e. The number of hydrogen-bond acceptors (Lipinski definition) is 16. The Morgan fingerprint density at radius 3 is 1.42 bits per heavy atom. The van der Waals surface area contributed by atoms with Crippen molar-refractivity contribution >= 4 is 65.0 Å². The maximum atomic E-state index is 13.9. The lowest BCUT2D eigenvalue weighted by molar-refractivity contribution is -0.137. The molecule has 1 aromatic rings. The number of amides is 11. The van der Waals surface area contributed by atoms with Gasteiger partial charge in [-0.1, -0.05) is 30.3 Å². The van der Waals surface area contributed by atoms with Crippen molar-refractivity contribution in [3.63, 3.8) is 0 Å². The van der Waals surface area contributed by atoms with Crippen LogP contribution < -0.4 is 76.5 Å². The molecule has 0 bridgehead atoms. The number of primary amides is 2. The Labute approximate surface area is 411 Å². The topological polar surface area (TPSA) is 467 Å². The molecular formula is C44H74N14O13. The Hall–Kier alpha value is -6.81. The molecule has 0 aromatic heterocycles. The summed E-state index contributed by atoms with van der Waals surface area (Å²) in [5.74, 6) is -9.75. The van der Waals surface area contributed by atoms with Crippen LogP contribution in [0.2, 0.25) is 0 Å². The standard InChI is InChI=1S/C44H74N14O13/c1-23(50-34(62)21-47)38(65)54-30(16-17-33(48)61)40(67)56-31(20-27-12-6-5-7-13-27)42(69)57-32(22-59)43(70)55-29(15-9-11-19-46)41(68)58-35(26(4)60)44(71)52-24(2)37(64)51-25(3)39(66)53-28(36(49)63)14-8-10-18-45/h5-7,12-13,23-26,28-32,35,59-60H,8-11,14-22,45-47H2,1-4H3,(H2,48,61)(H2,49,63)(H,50,62)(H,51,64)(H,52,71)(H,53,66)(H,54,65)(H,55,70)(H,56,67)(H,57,69)(H,58,68)/t23-,24-,25-,26+,28-,29-,30-,31-,32-,35-/m0/s1. The highest BCUT2D eigenvalue weighted by Gasteiger charge is 2.35. The van der Waals surface area contributed by atoms with Crippen LogP contribution >= 0.6 is 0 Å². The van der Waals surface area contributed by atoms with E-state index in [2.05, 4.69) is 47.9 Å². The summed E-state index contributed by atoms with van der Waals surface area (Å²) in [6.07, 6.45) is -0.589. The SMILES string of the molecule is C[C@H](NC(=O)CN)C(=O)N[C@@H](CCC(N)=O)C(=O)N[C@@H](Cc1ccccc1)C(=O)N[C@@H](CO)C(=O)N[C@@H](CCCCN)C(=O)N[C@H](C(=O)N[C@@H](C)C(=O)N[C@@H](C)C(=O)N[C@@H](CCCCN)C(N)=O)[C@@H](C)O. The number of aliphatic hydroxyl groups is 2. The van der Waals surface area contributed by atoms with E-state index >= 15 is 0 Å². The van der Waals surface area contributed by atoms with Crippen LogP contribution in [0.5, 0.6) is 0 Å². The second kappa shape index (κ2) is 32.9. The number of rotatable bonds is 34. The molecule has 0 saturated carbocycles. The molecule has 0 aliphatic carbocycles. The van der Waals surface area contributed by atoms with Crippen molar-refractivity contribution in [2.75, 3.05) is 26.2 Å². The molecule has 1 rings (SSSR count). The first-order chi connectivity index (χ1) is 33.5. The van der Waals surface area contributed by atoms with Gasteiger partial charge < -0.3 is 86.7 Å². The average Bonchev–Trinajstić information content (AvgIpc) is 3.32. The largest absolute Gasteiger partial charge is 0.394 e. The first-order valence-corrected chi connectivity index (χ1v) is 23.2. The summed E-state index contributed by atoms with van der Waals surface area (Å²) in [6.45, 7) is 4.21. The van der Waals surface area contributed by atoms with Crippen LogP contribution in [-0.2, 0) is 59.2 Å². The van der Waals surface area contributed by atoms with Gasteiger partial charge in [-0.05, 0) is 91.3 Å². The van der Waals surface area contributed by atoms with Gasteiger partial charge in [-0.25, -0.2) is 0 Å². The molecular weight excluding hydrogens is 933 g/mol. The fraction of sp³-hybridized carbons (Fsp3) is 0.614. The van der Waals surface area contributed by atoms with Gasteiger partial charge in [0.1, 0.15) is 54.4 Å². The summed E-state index contributed by atoms with van der Waals surface area (Å²) in [7, 11) is 0. The predicted octanol–water partition coefficient (Wildman–Crippen LogP) is -7.01. The van der Waals surface area contributed by atoms with Crippen molar-refractivity contribution < 1.29 is 63.0 Å². The minimum atomic E-state index is -1.75. The number of carbonyl (C=O) groups is 11. The highest BCUT2D eigenvalue weighted by Crippen LogP contribution is 2.09. The highest BCUT2D eigenvalue weighted by molar-refractivity contribution is 5.98. The molecule has 10 atom stereocenters. The van der Waals surface area contributed by atoms with Gasteiger partial charge in [-0.3, -0.25) is 52.7 Å². The molecule has 71 heavy (non-hydrogen) atoms. The number of benzene rings is 1. The number of unbranched alkanes of at least 4 members (excludes halogenated alkanes) is 2. The quantitative estimate of drug-likeness (QED) is 0.0285. The fourth-order valence-corrected chi connectivity index (χ4v) is 6.56. The van der Waals surface area contributed by atoms with Crippen molar-refractivity contribution in [1.29, 1.82) is 0 Å². The molecule has 398 valence electrons. The van der Waals surface area contributed by atoms with Crippen LogP contribution in [0.25, 0.3) is 0 Å². The second-order valence-corrected chi connectivity index (χ2v) is 16.8. The Bertz CT molecular complexity index is 1960. The van der Waals surface area contributed by atoms with Gasteiger partial charge in [-0.2, -0.15) is 0 Å². The van der Waals surface area contributed by atoms with E-state index in [0.717, 1.165) is 0 Å². The summed E-state index contributed by atoms with van der Waals surface area (Å²) in [4.78, 5) is 143. The molecule has 0 aliphatic rings. The van der Waals surface area contributed by atoms with Gasteiger partial charge in [-0.15, -0.1) is 0 Å². The number of nitrogens with two attached hydrogens (primary N) is 5. The van der Waals surface area contributed by atoms with Crippen LogP contribution in [0.15, 0.2) is 30.3 Å². The van der Waals surface area contributed by atoms with Crippen LogP contribution in [0.1, 0.15) is 84.6 Å². The van der Waals surface area contributed by atoms with E-state index in [9.17, 15) is 63.0 Å². The van der Waals surface area contributed by atoms with E-state index in [-0.39, 0.29) is 45.1 Å². The Kier molecular flexibility index (Phi) is 28.8. The first kappa shape index (κ1) is 62.2. The Balaban J connectivity index is 3.26. The maximum absolute atomic E-state index is 13.9. The van der Waals surface area contributed by atoms with Gasteiger partial charge in [0.05, 0.1) is 19.3 Å². The second-order valence-electron chi connectivity index (χ2n) is 16.8. The molecule has 0 saturated heterocycles. The lowest BCUT2D eigenvalue weighted by Gasteiger charge is -2.28. The van der Waals surface area contributed by atoms with Crippen LogP contribution in [0.3, 0.4) is 0 Å². The van der Waals surface area contributed by atoms with Gasteiger partial charge >= 0.3 is 0 Å². The molecule has 11 amide bonds. The third-order valence-electron chi connectivity index (χ3n) is 10.8. The van der Waals surface area contributed by atoms with E-state index < -0.39 is 139 Å². The van der Waals surface area contributed by atoms with Crippen molar-refractivity contribution in [2.24, 2.45) is 28.7 Å². The van der Waals surface area contributed by atoms with E-state index in [1.54, 1.807) is 30.3 Å². The highest BCUT2D eigenvalue weighted by atomic mass is 16.3. The molecule has 0 spiro atoms. The van der Waals surface area contributed by atoms with Crippen LogP contribution in [-0.4, -0.2) is 162 Å². The van der Waals surface area contributed by atoms with Crippen molar-refractivity contribution in [1.82, 2.24) is 47.9 Å². The van der Waals surface area contributed by atoms with Crippen LogP contribution in [0.4, 0.5) is 0 Å². The lowest BCUT2D eigenvalue weighted by Crippen LogP contribution is -2.62. The number of hydrogen-bond donors (Lipinski definition) is 16. The van der Waals surface area contributed by atoms with Crippen molar-refractivity contribution in [2.45, 2.75) is 146 Å². The van der Waals surface area contributed by atoms with Gasteiger partial charge in [0.2, 0.25) is 65.0 Å². The molecule has 0 unspecified atom stereocenters. The molecule has 27 heteroatoms. The zero-order valence-corrected chi connectivity index (χ0v) is 40.6. The molecule has 0 aliphatic heterocycles. The van der Waals surface area contributed by atoms with Gasteiger partial charge in [0.15, 0.2) is 0 Å². The molecule has 1 aromatic carbocycles. The van der Waals surface area contributed by atoms with E-state index in [0.29, 0.717) is 31.4 Å². The summed E-state index contributed by atoms with van der Waals surface area (Å²) in [5, 5.41) is 42.5.